The van der Waals surface area contributed by atoms with E-state index in [1.54, 1.807) is 0 Å². The van der Waals surface area contributed by atoms with E-state index in [9.17, 15) is 4.79 Å². The van der Waals surface area contributed by atoms with Crippen LogP contribution in [0.1, 0.15) is 23.0 Å². The van der Waals surface area contributed by atoms with E-state index >= 15 is 0 Å². The average molecular weight is 289 g/mol. The minimum atomic E-state index is -0.836. The molecule has 2 aromatic rings. The SMILES string of the molecule is Cc1nnc(SCC(=O)O)n1C1Cc2ccccc2C1. The maximum Gasteiger partial charge on any atom is 0.313 e. The van der Waals surface area contributed by atoms with Crippen molar-refractivity contribution in [3.05, 3.63) is 41.2 Å². The highest BCUT2D eigenvalue weighted by Crippen LogP contribution is 2.33. The van der Waals surface area contributed by atoms with E-state index < -0.39 is 5.97 Å². The zero-order valence-electron chi connectivity index (χ0n) is 11.1. The summed E-state index contributed by atoms with van der Waals surface area (Å²) >= 11 is 1.23. The van der Waals surface area contributed by atoms with Crippen LogP contribution in [0.4, 0.5) is 0 Å². The molecule has 0 radical (unpaired) electrons. The van der Waals surface area contributed by atoms with Crippen LogP contribution >= 0.6 is 11.8 Å². The van der Waals surface area contributed by atoms with E-state index in [4.69, 9.17) is 5.11 Å². The molecule has 0 aliphatic heterocycles. The molecule has 1 aromatic heterocycles. The van der Waals surface area contributed by atoms with E-state index in [2.05, 4.69) is 39.0 Å². The third-order valence-electron chi connectivity index (χ3n) is 3.55. The molecule has 6 heteroatoms. The molecule has 20 heavy (non-hydrogen) atoms. The van der Waals surface area contributed by atoms with Crippen LogP contribution in [0.2, 0.25) is 0 Å². The molecule has 0 bridgehead atoms. The summed E-state index contributed by atoms with van der Waals surface area (Å²) in [4.78, 5) is 10.7. The predicted octanol–water partition coefficient (Wildman–Crippen LogP) is 2.10. The number of hydrogen-bond acceptors (Lipinski definition) is 4. The molecule has 1 aromatic carbocycles. The smallest absolute Gasteiger partial charge is 0.313 e. The number of nitrogens with zero attached hydrogens (tertiary/aromatic N) is 3. The van der Waals surface area contributed by atoms with Crippen molar-refractivity contribution in [1.82, 2.24) is 14.8 Å². The molecular weight excluding hydrogens is 274 g/mol. The van der Waals surface area contributed by atoms with Gasteiger partial charge in [-0.2, -0.15) is 0 Å². The van der Waals surface area contributed by atoms with E-state index in [1.165, 1.54) is 22.9 Å². The van der Waals surface area contributed by atoms with Gasteiger partial charge in [-0.15, -0.1) is 10.2 Å². The molecule has 0 atom stereocenters. The van der Waals surface area contributed by atoms with Crippen LogP contribution in [-0.4, -0.2) is 31.6 Å². The Labute approximate surface area is 121 Å². The predicted molar refractivity (Wildman–Crippen MR) is 76.0 cm³/mol. The van der Waals surface area contributed by atoms with Crippen LogP contribution in [0, 0.1) is 6.92 Å². The van der Waals surface area contributed by atoms with E-state index in [1.807, 2.05) is 6.92 Å². The number of aryl methyl sites for hydroxylation is 1. The molecule has 0 spiro atoms. The Morgan fingerprint density at radius 2 is 2.00 bits per heavy atom. The minimum Gasteiger partial charge on any atom is -0.481 e. The number of aromatic nitrogens is 3. The molecule has 104 valence electrons. The first-order valence-corrected chi connectivity index (χ1v) is 7.46. The number of fused-ring (bicyclic) bond motifs is 1. The Kier molecular flexibility index (Phi) is 3.48. The van der Waals surface area contributed by atoms with Gasteiger partial charge in [0.15, 0.2) is 5.16 Å². The number of carboxylic acid groups (broad SMARTS) is 1. The van der Waals surface area contributed by atoms with Crippen LogP contribution in [0.15, 0.2) is 29.4 Å². The van der Waals surface area contributed by atoms with Crippen molar-refractivity contribution in [2.45, 2.75) is 31.0 Å². The van der Waals surface area contributed by atoms with Gasteiger partial charge in [0.1, 0.15) is 5.82 Å². The maximum atomic E-state index is 10.7. The van der Waals surface area contributed by atoms with Crippen LogP contribution in [0.25, 0.3) is 0 Å². The number of rotatable bonds is 4. The van der Waals surface area contributed by atoms with Gasteiger partial charge < -0.3 is 9.67 Å². The van der Waals surface area contributed by atoms with Crippen molar-refractivity contribution in [2.24, 2.45) is 0 Å². The monoisotopic (exact) mass is 289 g/mol. The summed E-state index contributed by atoms with van der Waals surface area (Å²) in [6, 6.07) is 8.71. The summed E-state index contributed by atoms with van der Waals surface area (Å²) in [7, 11) is 0. The largest absolute Gasteiger partial charge is 0.481 e. The van der Waals surface area contributed by atoms with Crippen molar-refractivity contribution in [1.29, 1.82) is 0 Å². The van der Waals surface area contributed by atoms with Gasteiger partial charge in [0, 0.05) is 6.04 Å². The van der Waals surface area contributed by atoms with Crippen molar-refractivity contribution in [3.8, 4) is 0 Å². The molecule has 0 amide bonds. The molecule has 1 heterocycles. The van der Waals surface area contributed by atoms with Gasteiger partial charge in [-0.3, -0.25) is 4.79 Å². The second-order valence-electron chi connectivity index (χ2n) is 4.91. The Bertz CT molecular complexity index is 629. The zero-order chi connectivity index (χ0) is 14.1. The van der Waals surface area contributed by atoms with E-state index in [0.717, 1.165) is 18.7 Å². The van der Waals surface area contributed by atoms with Gasteiger partial charge in [0.2, 0.25) is 0 Å². The molecule has 3 rings (SSSR count). The fourth-order valence-corrected chi connectivity index (χ4v) is 3.48. The van der Waals surface area contributed by atoms with Crippen molar-refractivity contribution < 1.29 is 9.90 Å². The van der Waals surface area contributed by atoms with Crippen LogP contribution in [0.3, 0.4) is 0 Å². The number of thioether (sulfide) groups is 1. The molecule has 0 saturated carbocycles. The van der Waals surface area contributed by atoms with Crippen LogP contribution in [0.5, 0.6) is 0 Å². The number of benzene rings is 1. The lowest BCUT2D eigenvalue weighted by atomic mass is 10.1. The average Bonchev–Trinajstić information content (AvgIpc) is 2.99. The summed E-state index contributed by atoms with van der Waals surface area (Å²) in [5.74, 6) is 0.0188. The fraction of sp³-hybridized carbons (Fsp3) is 0.357. The summed E-state index contributed by atoms with van der Waals surface area (Å²) < 4.78 is 2.08. The van der Waals surface area contributed by atoms with Crippen molar-refractivity contribution in [3.63, 3.8) is 0 Å². The summed E-state index contributed by atoms with van der Waals surface area (Å²) in [5.41, 5.74) is 2.72. The number of carbonyl (C=O) groups is 1. The molecule has 1 aliphatic rings. The first-order valence-electron chi connectivity index (χ1n) is 6.48. The summed E-state index contributed by atoms with van der Waals surface area (Å²) in [6.07, 6.45) is 1.91. The van der Waals surface area contributed by atoms with Crippen molar-refractivity contribution >= 4 is 17.7 Å². The number of hydrogen-bond donors (Lipinski definition) is 1. The zero-order valence-corrected chi connectivity index (χ0v) is 11.9. The molecule has 0 saturated heterocycles. The maximum absolute atomic E-state index is 10.7. The minimum absolute atomic E-state index is 0.0117. The Balaban J connectivity index is 1.85. The quantitative estimate of drug-likeness (QED) is 0.873. The lowest BCUT2D eigenvalue weighted by molar-refractivity contribution is -0.133. The Morgan fingerprint density at radius 3 is 2.60 bits per heavy atom. The van der Waals surface area contributed by atoms with Gasteiger partial charge >= 0.3 is 5.97 Å². The summed E-state index contributed by atoms with van der Waals surface area (Å²) in [5, 5.41) is 17.7. The third-order valence-corrected chi connectivity index (χ3v) is 4.48. The standard InChI is InChI=1S/C14H15N3O2S/c1-9-15-16-14(20-8-13(18)19)17(9)12-6-10-4-2-3-5-11(10)7-12/h2-5,12H,6-8H2,1H3,(H,18,19). The highest BCUT2D eigenvalue weighted by Gasteiger charge is 2.26. The first kappa shape index (κ1) is 13.2. The first-order chi connectivity index (χ1) is 9.65. The number of carboxylic acids is 1. The third kappa shape index (κ3) is 2.43. The molecule has 5 nitrogen and oxygen atoms in total. The van der Waals surface area contributed by atoms with Gasteiger partial charge in [0.25, 0.3) is 0 Å². The number of aliphatic carboxylic acids is 1. The van der Waals surface area contributed by atoms with Gasteiger partial charge in [-0.25, -0.2) is 0 Å². The van der Waals surface area contributed by atoms with E-state index in [0.29, 0.717) is 11.2 Å². The molecule has 1 N–H and O–H groups in total. The van der Waals surface area contributed by atoms with Crippen LogP contribution < -0.4 is 0 Å². The van der Waals surface area contributed by atoms with E-state index in [-0.39, 0.29) is 5.75 Å². The Hall–Kier alpha value is -1.82. The Morgan fingerprint density at radius 1 is 1.35 bits per heavy atom. The van der Waals surface area contributed by atoms with Crippen molar-refractivity contribution in [2.75, 3.05) is 5.75 Å². The van der Waals surface area contributed by atoms with Gasteiger partial charge in [-0.05, 0) is 30.9 Å². The fourth-order valence-electron chi connectivity index (χ4n) is 2.71. The topological polar surface area (TPSA) is 68.0 Å². The molecule has 0 unspecified atom stereocenters. The second-order valence-corrected chi connectivity index (χ2v) is 5.86. The van der Waals surface area contributed by atoms with Gasteiger partial charge in [0.05, 0.1) is 5.75 Å². The highest BCUT2D eigenvalue weighted by molar-refractivity contribution is 7.99. The second kappa shape index (κ2) is 5.28. The molecule has 0 fully saturated rings. The molecular formula is C14H15N3O2S. The summed E-state index contributed by atoms with van der Waals surface area (Å²) in [6.45, 7) is 1.92. The van der Waals surface area contributed by atoms with Gasteiger partial charge in [-0.1, -0.05) is 36.0 Å². The lowest BCUT2D eigenvalue weighted by Crippen LogP contribution is -2.13. The highest BCUT2D eigenvalue weighted by atomic mass is 32.2. The normalized spacial score (nSPS) is 14.4. The lowest BCUT2D eigenvalue weighted by Gasteiger charge is -2.15. The molecule has 1 aliphatic carbocycles. The van der Waals surface area contributed by atoms with Crippen LogP contribution in [-0.2, 0) is 17.6 Å².